The molecule has 2 unspecified atom stereocenters. The van der Waals surface area contributed by atoms with Crippen LogP contribution in [0, 0.1) is 5.92 Å². The van der Waals surface area contributed by atoms with E-state index in [1.54, 1.807) is 0 Å². The first-order valence-corrected chi connectivity index (χ1v) is 7.14. The van der Waals surface area contributed by atoms with Gasteiger partial charge in [-0.05, 0) is 43.7 Å². The van der Waals surface area contributed by atoms with Gasteiger partial charge < -0.3 is 10.6 Å². The first-order valence-electron chi connectivity index (χ1n) is 7.14. The van der Waals surface area contributed by atoms with E-state index < -0.39 is 0 Å². The van der Waals surface area contributed by atoms with Crippen LogP contribution in [0.2, 0.25) is 0 Å². The lowest BCUT2D eigenvalue weighted by Crippen LogP contribution is -2.21. The standard InChI is InChI=1S/C15H25N3/c1-3-4-13-7-8-18(11-13)15-6-5-14(10-17-15)9-12(2)16/h5-6,10,12-13H,3-4,7-9,11,16H2,1-2H3. The maximum Gasteiger partial charge on any atom is 0.128 e. The normalized spacial score (nSPS) is 21.3. The number of hydrogen-bond acceptors (Lipinski definition) is 3. The molecule has 18 heavy (non-hydrogen) atoms. The topological polar surface area (TPSA) is 42.1 Å². The van der Waals surface area contributed by atoms with Gasteiger partial charge in [-0.3, -0.25) is 0 Å². The fraction of sp³-hybridized carbons (Fsp3) is 0.667. The highest BCUT2D eigenvalue weighted by Crippen LogP contribution is 2.25. The van der Waals surface area contributed by atoms with Gasteiger partial charge in [0.05, 0.1) is 0 Å². The van der Waals surface area contributed by atoms with Crippen molar-refractivity contribution in [2.45, 2.75) is 45.6 Å². The van der Waals surface area contributed by atoms with Gasteiger partial charge in [-0.2, -0.15) is 0 Å². The summed E-state index contributed by atoms with van der Waals surface area (Å²) in [6.07, 6.45) is 6.84. The summed E-state index contributed by atoms with van der Waals surface area (Å²) in [7, 11) is 0. The van der Waals surface area contributed by atoms with Crippen LogP contribution in [-0.4, -0.2) is 24.1 Å². The largest absolute Gasteiger partial charge is 0.356 e. The van der Waals surface area contributed by atoms with Crippen LogP contribution < -0.4 is 10.6 Å². The lowest BCUT2D eigenvalue weighted by Gasteiger charge is -2.18. The molecule has 0 saturated carbocycles. The minimum Gasteiger partial charge on any atom is -0.356 e. The van der Waals surface area contributed by atoms with Crippen LogP contribution in [0.3, 0.4) is 0 Å². The zero-order valence-electron chi connectivity index (χ0n) is 11.6. The Hall–Kier alpha value is -1.09. The molecule has 0 bridgehead atoms. The Bertz CT molecular complexity index is 359. The summed E-state index contributed by atoms with van der Waals surface area (Å²) in [6.45, 7) is 6.63. The minimum atomic E-state index is 0.207. The summed E-state index contributed by atoms with van der Waals surface area (Å²) in [5.74, 6) is 1.99. The summed E-state index contributed by atoms with van der Waals surface area (Å²) in [6, 6.07) is 4.52. The van der Waals surface area contributed by atoms with Gasteiger partial charge in [-0.1, -0.05) is 19.4 Å². The average molecular weight is 247 g/mol. The van der Waals surface area contributed by atoms with Crippen molar-refractivity contribution < 1.29 is 0 Å². The molecule has 0 spiro atoms. The molecule has 3 heteroatoms. The Morgan fingerprint density at radius 1 is 1.50 bits per heavy atom. The fourth-order valence-corrected chi connectivity index (χ4v) is 2.78. The van der Waals surface area contributed by atoms with E-state index in [-0.39, 0.29) is 6.04 Å². The molecular formula is C15H25N3. The van der Waals surface area contributed by atoms with E-state index in [1.807, 2.05) is 13.1 Å². The molecule has 1 aromatic rings. The molecule has 3 nitrogen and oxygen atoms in total. The highest BCUT2D eigenvalue weighted by Gasteiger charge is 2.22. The van der Waals surface area contributed by atoms with Crippen LogP contribution in [0.1, 0.15) is 38.7 Å². The molecule has 1 fully saturated rings. The molecule has 2 atom stereocenters. The molecule has 1 aliphatic heterocycles. The Balaban J connectivity index is 1.94. The molecule has 1 aliphatic rings. The van der Waals surface area contributed by atoms with Crippen molar-refractivity contribution in [3.63, 3.8) is 0 Å². The first-order chi connectivity index (χ1) is 8.69. The Morgan fingerprint density at radius 3 is 2.94 bits per heavy atom. The predicted octanol–water partition coefficient (Wildman–Crippen LogP) is 2.60. The zero-order chi connectivity index (χ0) is 13.0. The van der Waals surface area contributed by atoms with Gasteiger partial charge in [-0.25, -0.2) is 4.98 Å². The highest BCUT2D eigenvalue weighted by atomic mass is 15.2. The third kappa shape index (κ3) is 3.45. The summed E-state index contributed by atoms with van der Waals surface area (Å²) in [5.41, 5.74) is 7.03. The lowest BCUT2D eigenvalue weighted by atomic mass is 10.0. The molecular weight excluding hydrogens is 222 g/mol. The number of aromatic nitrogens is 1. The predicted molar refractivity (Wildman–Crippen MR) is 76.8 cm³/mol. The van der Waals surface area contributed by atoms with Gasteiger partial charge in [0, 0.05) is 25.3 Å². The van der Waals surface area contributed by atoms with Crippen molar-refractivity contribution in [3.05, 3.63) is 23.9 Å². The SMILES string of the molecule is CCCC1CCN(c2ccc(CC(C)N)cn2)C1. The summed E-state index contributed by atoms with van der Waals surface area (Å²) >= 11 is 0. The Labute approximate surface area is 110 Å². The van der Waals surface area contributed by atoms with Crippen molar-refractivity contribution in [1.29, 1.82) is 0 Å². The molecule has 0 aliphatic carbocycles. The molecule has 1 aromatic heterocycles. The minimum absolute atomic E-state index is 0.207. The summed E-state index contributed by atoms with van der Waals surface area (Å²) < 4.78 is 0. The van der Waals surface area contributed by atoms with E-state index >= 15 is 0 Å². The fourth-order valence-electron chi connectivity index (χ4n) is 2.78. The second-order valence-electron chi connectivity index (χ2n) is 5.60. The lowest BCUT2D eigenvalue weighted by molar-refractivity contribution is 0.529. The average Bonchev–Trinajstić information content (AvgIpc) is 2.78. The van der Waals surface area contributed by atoms with E-state index in [2.05, 4.69) is 28.9 Å². The van der Waals surface area contributed by atoms with E-state index in [4.69, 9.17) is 5.73 Å². The van der Waals surface area contributed by atoms with Crippen LogP contribution in [0.5, 0.6) is 0 Å². The molecule has 0 amide bonds. The van der Waals surface area contributed by atoms with Gasteiger partial charge in [0.25, 0.3) is 0 Å². The molecule has 0 radical (unpaired) electrons. The first kappa shape index (κ1) is 13.3. The molecule has 2 N–H and O–H groups in total. The Morgan fingerprint density at radius 2 is 2.33 bits per heavy atom. The number of rotatable bonds is 5. The molecule has 100 valence electrons. The Kier molecular flexibility index (Phi) is 4.59. The van der Waals surface area contributed by atoms with Gasteiger partial charge >= 0.3 is 0 Å². The zero-order valence-corrected chi connectivity index (χ0v) is 11.6. The summed E-state index contributed by atoms with van der Waals surface area (Å²) in [4.78, 5) is 6.99. The maximum absolute atomic E-state index is 5.80. The number of anilines is 1. The smallest absolute Gasteiger partial charge is 0.128 e. The van der Waals surface area contributed by atoms with Gasteiger partial charge in [0.15, 0.2) is 0 Å². The van der Waals surface area contributed by atoms with Crippen molar-refractivity contribution in [1.82, 2.24) is 4.98 Å². The van der Waals surface area contributed by atoms with E-state index in [1.165, 1.54) is 31.4 Å². The quantitative estimate of drug-likeness (QED) is 0.869. The van der Waals surface area contributed by atoms with Crippen LogP contribution in [0.4, 0.5) is 5.82 Å². The van der Waals surface area contributed by atoms with Crippen LogP contribution in [-0.2, 0) is 6.42 Å². The van der Waals surface area contributed by atoms with Gasteiger partial charge in [-0.15, -0.1) is 0 Å². The van der Waals surface area contributed by atoms with Crippen LogP contribution in [0.15, 0.2) is 18.3 Å². The summed E-state index contributed by atoms with van der Waals surface area (Å²) in [5, 5.41) is 0. The van der Waals surface area contributed by atoms with Gasteiger partial charge in [0.1, 0.15) is 5.82 Å². The highest BCUT2D eigenvalue weighted by molar-refractivity contribution is 5.40. The third-order valence-corrected chi connectivity index (χ3v) is 3.67. The molecule has 2 rings (SSSR count). The number of hydrogen-bond donors (Lipinski definition) is 1. The van der Waals surface area contributed by atoms with E-state index in [0.717, 1.165) is 24.7 Å². The van der Waals surface area contributed by atoms with Gasteiger partial charge in [0.2, 0.25) is 0 Å². The molecule has 0 aromatic carbocycles. The van der Waals surface area contributed by atoms with Crippen molar-refractivity contribution in [3.8, 4) is 0 Å². The number of pyridine rings is 1. The van der Waals surface area contributed by atoms with E-state index in [0.29, 0.717) is 0 Å². The molecule has 2 heterocycles. The van der Waals surface area contributed by atoms with Crippen LogP contribution in [0.25, 0.3) is 0 Å². The third-order valence-electron chi connectivity index (χ3n) is 3.67. The molecule has 1 saturated heterocycles. The van der Waals surface area contributed by atoms with Crippen molar-refractivity contribution in [2.75, 3.05) is 18.0 Å². The second kappa shape index (κ2) is 6.19. The van der Waals surface area contributed by atoms with Crippen molar-refractivity contribution in [2.24, 2.45) is 11.7 Å². The number of nitrogens with two attached hydrogens (primary N) is 1. The number of nitrogens with zero attached hydrogens (tertiary/aromatic N) is 2. The second-order valence-corrected chi connectivity index (χ2v) is 5.60. The van der Waals surface area contributed by atoms with Crippen molar-refractivity contribution >= 4 is 5.82 Å². The monoisotopic (exact) mass is 247 g/mol. The maximum atomic E-state index is 5.80. The van der Waals surface area contributed by atoms with E-state index in [9.17, 15) is 0 Å². The van der Waals surface area contributed by atoms with Crippen LogP contribution >= 0.6 is 0 Å².